The lowest BCUT2D eigenvalue weighted by molar-refractivity contribution is -0.344. The molecule has 0 aromatic rings. The zero-order valence-electron chi connectivity index (χ0n) is 18.8. The summed E-state index contributed by atoms with van der Waals surface area (Å²) in [5.41, 5.74) is 0. The second-order valence-corrected chi connectivity index (χ2v) is 7.98. The number of amides is 1. The fraction of sp³-hybridized carbons (Fsp3) is 0.905. The van der Waals surface area contributed by atoms with Gasteiger partial charge in [0.15, 0.2) is 0 Å². The molecule has 0 aliphatic heterocycles. The molecule has 0 bridgehead atoms. The van der Waals surface area contributed by atoms with Gasteiger partial charge in [-0.05, 0) is 12.3 Å². The molecular formula is C21H34F7NO3. The average Bonchev–Trinajstić information content (AvgIpc) is 2.71. The van der Waals surface area contributed by atoms with Gasteiger partial charge in [-0.1, -0.05) is 78.6 Å². The molecule has 0 aromatic heterocycles. The Morgan fingerprint density at radius 2 is 1.28 bits per heavy atom. The van der Waals surface area contributed by atoms with Gasteiger partial charge >= 0.3 is 24.0 Å². The highest BCUT2D eigenvalue weighted by molar-refractivity contribution is 5.89. The molecule has 0 heterocycles. The second kappa shape index (κ2) is 13.9. The smallest absolute Gasteiger partial charge is 0.460 e. The highest BCUT2D eigenvalue weighted by atomic mass is 19.4. The van der Waals surface area contributed by atoms with Crippen LogP contribution in [0.1, 0.15) is 85.0 Å². The summed E-state index contributed by atoms with van der Waals surface area (Å²) in [6, 6.07) is -1.78. The van der Waals surface area contributed by atoms with E-state index in [0.717, 1.165) is 38.5 Å². The maximum absolute atomic E-state index is 13.6. The van der Waals surface area contributed by atoms with Crippen molar-refractivity contribution >= 4 is 11.9 Å². The second-order valence-electron chi connectivity index (χ2n) is 7.98. The molecule has 190 valence electrons. The third-order valence-corrected chi connectivity index (χ3v) is 5.28. The van der Waals surface area contributed by atoms with Crippen LogP contribution in [0.25, 0.3) is 0 Å². The Morgan fingerprint density at radius 3 is 1.72 bits per heavy atom. The van der Waals surface area contributed by atoms with Gasteiger partial charge in [-0.3, -0.25) is 4.79 Å². The van der Waals surface area contributed by atoms with Crippen LogP contribution < -0.4 is 5.32 Å². The maximum Gasteiger partial charge on any atom is 0.460 e. The quantitative estimate of drug-likeness (QED) is 0.157. The number of rotatable bonds is 16. The van der Waals surface area contributed by atoms with Crippen LogP contribution in [0.2, 0.25) is 0 Å². The summed E-state index contributed by atoms with van der Waals surface area (Å²) in [7, 11) is 0. The first kappa shape index (κ1) is 30.4. The van der Waals surface area contributed by atoms with Crippen LogP contribution in [-0.2, 0) is 14.3 Å². The summed E-state index contributed by atoms with van der Waals surface area (Å²) in [5, 5.41) is 1.33. The zero-order valence-corrected chi connectivity index (χ0v) is 18.8. The number of carbonyl (C=O) groups is 2. The third kappa shape index (κ3) is 9.13. The van der Waals surface area contributed by atoms with Crippen molar-refractivity contribution < 1.29 is 45.1 Å². The number of carbonyl (C=O) groups excluding carboxylic acids is 2. The SMILES string of the molecule is CCCCCCCCCCCOC(=O)C(NC(=O)C(F)(F)C(F)(F)C(F)(F)F)C(C)CC. The number of alkyl halides is 7. The monoisotopic (exact) mass is 481 g/mol. The van der Waals surface area contributed by atoms with Crippen LogP contribution >= 0.6 is 0 Å². The van der Waals surface area contributed by atoms with Crippen molar-refractivity contribution in [2.75, 3.05) is 6.61 Å². The summed E-state index contributed by atoms with van der Waals surface area (Å²) in [4.78, 5) is 23.8. The highest BCUT2D eigenvalue weighted by Crippen LogP contribution is 2.46. The van der Waals surface area contributed by atoms with Gasteiger partial charge in [0.1, 0.15) is 6.04 Å². The molecule has 1 amide bonds. The van der Waals surface area contributed by atoms with Crippen LogP contribution in [0.3, 0.4) is 0 Å². The molecule has 32 heavy (non-hydrogen) atoms. The molecular weight excluding hydrogens is 447 g/mol. The number of hydrogen-bond acceptors (Lipinski definition) is 3. The van der Waals surface area contributed by atoms with Crippen LogP contribution in [0.4, 0.5) is 30.7 Å². The van der Waals surface area contributed by atoms with E-state index in [4.69, 9.17) is 4.74 Å². The Bertz CT molecular complexity index is 568. The minimum atomic E-state index is -6.64. The molecule has 0 radical (unpaired) electrons. The van der Waals surface area contributed by atoms with Gasteiger partial charge in [0, 0.05) is 0 Å². The molecule has 11 heteroatoms. The zero-order chi connectivity index (χ0) is 25.0. The Labute approximate surface area is 184 Å². The molecule has 4 nitrogen and oxygen atoms in total. The molecule has 1 N–H and O–H groups in total. The van der Waals surface area contributed by atoms with Gasteiger partial charge in [-0.2, -0.15) is 30.7 Å². The van der Waals surface area contributed by atoms with Crippen molar-refractivity contribution in [3.8, 4) is 0 Å². The summed E-state index contributed by atoms with van der Waals surface area (Å²) in [6.45, 7) is 4.93. The summed E-state index contributed by atoms with van der Waals surface area (Å²) < 4.78 is 95.1. The summed E-state index contributed by atoms with van der Waals surface area (Å²) in [5.74, 6) is -17.5. The van der Waals surface area contributed by atoms with Crippen LogP contribution in [0, 0.1) is 5.92 Å². The van der Waals surface area contributed by atoms with E-state index < -0.39 is 41.9 Å². The van der Waals surface area contributed by atoms with E-state index in [-0.39, 0.29) is 13.0 Å². The van der Waals surface area contributed by atoms with Crippen molar-refractivity contribution in [3.63, 3.8) is 0 Å². The molecule has 0 saturated heterocycles. The number of ether oxygens (including phenoxy) is 1. The minimum absolute atomic E-state index is 0.0768. The van der Waals surface area contributed by atoms with Crippen molar-refractivity contribution in [1.29, 1.82) is 0 Å². The number of halogens is 7. The topological polar surface area (TPSA) is 55.4 Å². The Morgan fingerprint density at radius 1 is 0.812 bits per heavy atom. The van der Waals surface area contributed by atoms with E-state index in [1.165, 1.54) is 32.0 Å². The van der Waals surface area contributed by atoms with Crippen LogP contribution in [0.15, 0.2) is 0 Å². The van der Waals surface area contributed by atoms with E-state index in [1.54, 1.807) is 0 Å². The first-order chi connectivity index (χ1) is 14.7. The Balaban J connectivity index is 4.70. The van der Waals surface area contributed by atoms with E-state index in [0.29, 0.717) is 6.42 Å². The minimum Gasteiger partial charge on any atom is -0.464 e. The van der Waals surface area contributed by atoms with Gasteiger partial charge in [-0.25, -0.2) is 4.79 Å². The molecule has 2 unspecified atom stereocenters. The number of nitrogens with one attached hydrogen (secondary N) is 1. The predicted octanol–water partition coefficient (Wildman–Crippen LogP) is 6.42. The first-order valence-corrected chi connectivity index (χ1v) is 11.0. The summed E-state index contributed by atoms with van der Waals surface area (Å²) >= 11 is 0. The molecule has 0 aliphatic carbocycles. The molecule has 0 aromatic carbocycles. The van der Waals surface area contributed by atoms with Crippen LogP contribution in [-0.4, -0.2) is 42.5 Å². The average molecular weight is 481 g/mol. The van der Waals surface area contributed by atoms with Crippen molar-refractivity contribution in [1.82, 2.24) is 5.32 Å². The van der Waals surface area contributed by atoms with Gasteiger partial charge in [0.25, 0.3) is 5.91 Å². The summed E-state index contributed by atoms with van der Waals surface area (Å²) in [6.07, 6.45) is 2.45. The first-order valence-electron chi connectivity index (χ1n) is 11.0. The largest absolute Gasteiger partial charge is 0.464 e. The maximum atomic E-state index is 13.6. The molecule has 2 atom stereocenters. The lowest BCUT2D eigenvalue weighted by Gasteiger charge is -2.29. The van der Waals surface area contributed by atoms with Crippen molar-refractivity contribution in [2.24, 2.45) is 5.92 Å². The predicted molar refractivity (Wildman–Crippen MR) is 106 cm³/mol. The molecule has 0 saturated carbocycles. The third-order valence-electron chi connectivity index (χ3n) is 5.28. The normalized spacial score (nSPS) is 14.7. The van der Waals surface area contributed by atoms with E-state index in [2.05, 4.69) is 6.92 Å². The number of unbranched alkanes of at least 4 members (excludes halogenated alkanes) is 8. The number of hydrogen-bond donors (Lipinski definition) is 1. The van der Waals surface area contributed by atoms with Gasteiger partial charge in [-0.15, -0.1) is 0 Å². The molecule has 0 rings (SSSR count). The van der Waals surface area contributed by atoms with Gasteiger partial charge < -0.3 is 10.1 Å². The van der Waals surface area contributed by atoms with Gasteiger partial charge in [0.2, 0.25) is 0 Å². The van der Waals surface area contributed by atoms with Crippen LogP contribution in [0.5, 0.6) is 0 Å². The van der Waals surface area contributed by atoms with Crippen molar-refractivity contribution in [3.05, 3.63) is 0 Å². The van der Waals surface area contributed by atoms with Crippen molar-refractivity contribution in [2.45, 2.75) is 109 Å². The molecule has 0 spiro atoms. The fourth-order valence-electron chi connectivity index (χ4n) is 2.90. The standard InChI is InChI=1S/C21H34F7NO3/c1-4-6-7-8-9-10-11-12-13-14-32-17(30)16(15(3)5-2)29-18(31)19(22,23)20(24,25)21(26,27)28/h15-16H,4-14H2,1-3H3,(H,29,31). The highest BCUT2D eigenvalue weighted by Gasteiger charge is 2.76. The lowest BCUT2D eigenvalue weighted by atomic mass is 9.98. The van der Waals surface area contributed by atoms with E-state index >= 15 is 0 Å². The Hall–Kier alpha value is -1.55. The number of esters is 1. The fourth-order valence-corrected chi connectivity index (χ4v) is 2.90. The molecule has 0 aliphatic rings. The van der Waals surface area contributed by atoms with E-state index in [1.807, 2.05) is 0 Å². The van der Waals surface area contributed by atoms with Gasteiger partial charge in [0.05, 0.1) is 6.61 Å². The molecule has 0 fully saturated rings. The van der Waals surface area contributed by atoms with E-state index in [9.17, 15) is 40.3 Å². The lowest BCUT2D eigenvalue weighted by Crippen LogP contribution is -2.62. The Kier molecular flexibility index (Phi) is 13.2.